The molecule has 0 aliphatic heterocycles. The number of rotatable bonds is 4. The van der Waals surface area contributed by atoms with Crippen LogP contribution in [-0.4, -0.2) is 22.1 Å². The van der Waals surface area contributed by atoms with E-state index in [0.29, 0.717) is 17.0 Å². The Balaban J connectivity index is 2.56. The summed E-state index contributed by atoms with van der Waals surface area (Å²) in [4.78, 5) is 11.4. The lowest BCUT2D eigenvalue weighted by Crippen LogP contribution is -2.14. The molecule has 1 aromatic carbocycles. The number of nitrogens with zero attached hydrogens (tertiary/aromatic N) is 1. The Hall–Kier alpha value is -1.67. The van der Waals surface area contributed by atoms with E-state index in [9.17, 15) is 9.00 Å². The topological polar surface area (TPSA) is 70.0 Å². The maximum absolute atomic E-state index is 11.4. The molecule has 0 aliphatic rings. The smallest absolute Gasteiger partial charge is 0.225 e. The molecule has 1 rings (SSSR count). The highest BCUT2D eigenvalue weighted by atomic mass is 32.2. The Morgan fingerprint density at radius 2 is 2.31 bits per heavy atom. The molecule has 0 aliphatic carbocycles. The average molecular weight is 236 g/mol. The van der Waals surface area contributed by atoms with Crippen LogP contribution in [0.5, 0.6) is 0 Å². The molecular formula is C11H12N2O2S. The fourth-order valence-electron chi connectivity index (χ4n) is 1.13. The van der Waals surface area contributed by atoms with Crippen molar-refractivity contribution in [3.05, 3.63) is 29.8 Å². The molecule has 4 nitrogen and oxygen atoms in total. The first-order valence-electron chi connectivity index (χ1n) is 4.72. The molecule has 0 saturated heterocycles. The van der Waals surface area contributed by atoms with E-state index in [0.717, 1.165) is 0 Å². The Labute approximate surface area is 96.7 Å². The molecule has 0 fully saturated rings. The van der Waals surface area contributed by atoms with Gasteiger partial charge >= 0.3 is 0 Å². The van der Waals surface area contributed by atoms with Gasteiger partial charge in [0.25, 0.3) is 0 Å². The van der Waals surface area contributed by atoms with Crippen LogP contribution in [0.25, 0.3) is 0 Å². The normalized spacial score (nSPS) is 11.5. The van der Waals surface area contributed by atoms with Gasteiger partial charge in [-0.2, -0.15) is 5.26 Å². The zero-order chi connectivity index (χ0) is 12.0. The lowest BCUT2D eigenvalue weighted by Gasteiger charge is -2.04. The van der Waals surface area contributed by atoms with Crippen molar-refractivity contribution in [3.63, 3.8) is 0 Å². The van der Waals surface area contributed by atoms with Crippen LogP contribution in [0.1, 0.15) is 12.0 Å². The minimum atomic E-state index is -0.963. The highest BCUT2D eigenvalue weighted by molar-refractivity contribution is 7.84. The monoisotopic (exact) mass is 236 g/mol. The minimum absolute atomic E-state index is 0.190. The molecule has 0 bridgehead atoms. The largest absolute Gasteiger partial charge is 0.326 e. The second-order valence-corrected chi connectivity index (χ2v) is 4.82. The number of amides is 1. The van der Waals surface area contributed by atoms with E-state index in [2.05, 4.69) is 5.32 Å². The van der Waals surface area contributed by atoms with E-state index < -0.39 is 10.8 Å². The van der Waals surface area contributed by atoms with Crippen molar-refractivity contribution in [2.75, 3.05) is 17.3 Å². The summed E-state index contributed by atoms with van der Waals surface area (Å²) in [6.45, 7) is 0. The van der Waals surface area contributed by atoms with E-state index in [1.54, 1.807) is 30.5 Å². The maximum atomic E-state index is 11.4. The number of hydrogen-bond donors (Lipinski definition) is 1. The first kappa shape index (κ1) is 12.4. The maximum Gasteiger partial charge on any atom is 0.225 e. The molecule has 1 amide bonds. The molecule has 0 saturated carbocycles. The number of anilines is 1. The van der Waals surface area contributed by atoms with Crippen LogP contribution in [0.4, 0.5) is 5.69 Å². The molecule has 0 radical (unpaired) electrons. The molecule has 1 unspecified atom stereocenters. The predicted molar refractivity (Wildman–Crippen MR) is 63.3 cm³/mol. The molecule has 84 valence electrons. The Morgan fingerprint density at radius 3 is 2.94 bits per heavy atom. The van der Waals surface area contributed by atoms with Crippen LogP contribution in [-0.2, 0) is 15.6 Å². The summed E-state index contributed by atoms with van der Waals surface area (Å²) in [5.41, 5.74) is 1.09. The number of nitrogens with one attached hydrogen (secondary N) is 1. The molecule has 1 aromatic rings. The van der Waals surface area contributed by atoms with E-state index in [1.165, 1.54) is 0 Å². The zero-order valence-electron chi connectivity index (χ0n) is 8.90. The van der Waals surface area contributed by atoms with E-state index in [1.807, 2.05) is 6.07 Å². The lowest BCUT2D eigenvalue weighted by molar-refractivity contribution is -0.115. The average Bonchev–Trinajstić information content (AvgIpc) is 2.26. The highest BCUT2D eigenvalue weighted by Gasteiger charge is 2.03. The number of carbonyl (C=O) groups is 1. The van der Waals surface area contributed by atoms with Crippen molar-refractivity contribution in [2.24, 2.45) is 0 Å². The summed E-state index contributed by atoms with van der Waals surface area (Å²) in [6, 6.07) is 8.66. The quantitative estimate of drug-likeness (QED) is 0.855. The van der Waals surface area contributed by atoms with E-state index >= 15 is 0 Å². The molecule has 1 N–H and O–H groups in total. The third-order valence-corrected chi connectivity index (χ3v) is 2.67. The van der Waals surface area contributed by atoms with Gasteiger partial charge in [-0.05, 0) is 18.2 Å². The summed E-state index contributed by atoms with van der Waals surface area (Å²) in [6.07, 6.45) is 1.78. The molecule has 5 heteroatoms. The van der Waals surface area contributed by atoms with Crippen molar-refractivity contribution < 1.29 is 9.00 Å². The lowest BCUT2D eigenvalue weighted by atomic mass is 10.2. The van der Waals surface area contributed by atoms with Crippen molar-refractivity contribution in [1.29, 1.82) is 5.26 Å². The first-order chi connectivity index (χ1) is 7.61. The van der Waals surface area contributed by atoms with E-state index in [4.69, 9.17) is 5.26 Å². The van der Waals surface area contributed by atoms with Crippen LogP contribution in [0.3, 0.4) is 0 Å². The van der Waals surface area contributed by atoms with Gasteiger partial charge in [0, 0.05) is 34.9 Å². The second kappa shape index (κ2) is 6.03. The summed E-state index contributed by atoms with van der Waals surface area (Å²) in [5.74, 6) is 0.161. The van der Waals surface area contributed by atoms with Gasteiger partial charge in [-0.3, -0.25) is 9.00 Å². The number of hydrogen-bond acceptors (Lipinski definition) is 3. The molecule has 0 aromatic heterocycles. The van der Waals surface area contributed by atoms with Crippen LogP contribution in [0.15, 0.2) is 24.3 Å². The van der Waals surface area contributed by atoms with Crippen LogP contribution < -0.4 is 5.32 Å². The Morgan fingerprint density at radius 1 is 1.56 bits per heavy atom. The first-order valence-corrected chi connectivity index (χ1v) is 6.44. The number of benzene rings is 1. The summed E-state index contributed by atoms with van der Waals surface area (Å²) in [7, 11) is -0.963. The SMILES string of the molecule is CS(=O)CCC(=O)Nc1cccc(C#N)c1. The minimum Gasteiger partial charge on any atom is -0.326 e. The van der Waals surface area contributed by atoms with E-state index in [-0.39, 0.29) is 12.3 Å². The zero-order valence-corrected chi connectivity index (χ0v) is 9.71. The van der Waals surface area contributed by atoms with Gasteiger partial charge in [-0.25, -0.2) is 0 Å². The molecular weight excluding hydrogens is 224 g/mol. The third kappa shape index (κ3) is 4.24. The summed E-state index contributed by atoms with van der Waals surface area (Å²) < 4.78 is 10.8. The summed E-state index contributed by atoms with van der Waals surface area (Å²) in [5, 5.41) is 11.3. The van der Waals surface area contributed by atoms with Crippen molar-refractivity contribution in [3.8, 4) is 6.07 Å². The fraction of sp³-hybridized carbons (Fsp3) is 0.273. The van der Waals surface area contributed by atoms with Gasteiger partial charge < -0.3 is 5.32 Å². The highest BCUT2D eigenvalue weighted by Crippen LogP contribution is 2.09. The van der Waals surface area contributed by atoms with Gasteiger partial charge in [0.2, 0.25) is 5.91 Å². The van der Waals surface area contributed by atoms with Gasteiger partial charge in [-0.1, -0.05) is 6.07 Å². The van der Waals surface area contributed by atoms with Crippen molar-refractivity contribution >= 4 is 22.4 Å². The third-order valence-electron chi connectivity index (χ3n) is 1.89. The van der Waals surface area contributed by atoms with Gasteiger partial charge in [0.1, 0.15) is 0 Å². The molecule has 0 heterocycles. The van der Waals surface area contributed by atoms with Gasteiger partial charge in [0.05, 0.1) is 11.6 Å². The van der Waals surface area contributed by atoms with Crippen molar-refractivity contribution in [1.82, 2.24) is 0 Å². The molecule has 1 atom stereocenters. The van der Waals surface area contributed by atoms with Gasteiger partial charge in [-0.15, -0.1) is 0 Å². The number of nitriles is 1. The Bertz CT molecular complexity index is 452. The van der Waals surface area contributed by atoms with Crippen LogP contribution in [0, 0.1) is 11.3 Å². The van der Waals surface area contributed by atoms with Crippen LogP contribution in [0.2, 0.25) is 0 Å². The second-order valence-electron chi connectivity index (χ2n) is 3.27. The molecule has 0 spiro atoms. The van der Waals surface area contributed by atoms with Crippen molar-refractivity contribution in [2.45, 2.75) is 6.42 Å². The standard InChI is InChI=1S/C11H12N2O2S/c1-16(15)6-5-11(14)13-10-4-2-3-9(7-10)8-12/h2-4,7H,5-6H2,1H3,(H,13,14). The number of carbonyl (C=O) groups excluding carboxylic acids is 1. The van der Waals surface area contributed by atoms with Gasteiger partial charge in [0.15, 0.2) is 0 Å². The summed E-state index contributed by atoms with van der Waals surface area (Å²) >= 11 is 0. The predicted octanol–water partition coefficient (Wildman–Crippen LogP) is 1.27. The Kier molecular flexibility index (Phi) is 4.67. The fourth-order valence-corrected chi connectivity index (χ4v) is 1.60. The van der Waals surface area contributed by atoms with Crippen LogP contribution >= 0.6 is 0 Å². The molecule has 16 heavy (non-hydrogen) atoms.